The van der Waals surface area contributed by atoms with Gasteiger partial charge in [0.1, 0.15) is 15.3 Å². The van der Waals surface area contributed by atoms with Gasteiger partial charge in [-0.3, -0.25) is 9.80 Å². The lowest BCUT2D eigenvalue weighted by molar-refractivity contribution is 0.120. The second kappa shape index (κ2) is 10.2. The maximum absolute atomic E-state index is 10.4. The Morgan fingerprint density at radius 3 is 2.29 bits per heavy atom. The standard InChI is InChI=1S/C24H28N2O2S3/c1-17-21(24(29)31-30-17)14-18-7-8-22(27)20(13-18)16-26-11-9-25(10-12-26)15-19-5-3-4-6-23(19)28-2/h3-8,13,27H,9-12,14-16H2,1-2H3. The molecule has 0 spiro atoms. The first-order valence-electron chi connectivity index (χ1n) is 10.5. The van der Waals surface area contributed by atoms with Crippen LogP contribution in [0.4, 0.5) is 0 Å². The van der Waals surface area contributed by atoms with Crippen molar-refractivity contribution in [3.63, 3.8) is 0 Å². The number of hydrogen-bond acceptors (Lipinski definition) is 7. The van der Waals surface area contributed by atoms with Crippen LogP contribution in [0, 0.1) is 10.7 Å². The number of ether oxygens (including phenoxy) is 1. The molecule has 3 aromatic rings. The molecule has 0 aliphatic carbocycles. The molecule has 4 rings (SSSR count). The zero-order valence-electron chi connectivity index (χ0n) is 18.0. The van der Waals surface area contributed by atoms with Crippen molar-refractivity contribution in [2.45, 2.75) is 26.4 Å². The van der Waals surface area contributed by atoms with Crippen LogP contribution in [0.1, 0.15) is 27.1 Å². The molecule has 0 amide bonds. The summed E-state index contributed by atoms with van der Waals surface area (Å²) in [7, 11) is 5.16. The van der Waals surface area contributed by atoms with Gasteiger partial charge in [0, 0.05) is 61.7 Å². The number of nitrogens with zero attached hydrogens (tertiary/aromatic N) is 2. The zero-order valence-corrected chi connectivity index (χ0v) is 20.4. The van der Waals surface area contributed by atoms with Gasteiger partial charge in [-0.25, -0.2) is 0 Å². The molecule has 31 heavy (non-hydrogen) atoms. The van der Waals surface area contributed by atoms with E-state index in [-0.39, 0.29) is 0 Å². The molecule has 0 bridgehead atoms. The molecule has 1 aliphatic heterocycles. The van der Waals surface area contributed by atoms with Gasteiger partial charge in [0.05, 0.1) is 7.11 Å². The van der Waals surface area contributed by atoms with Gasteiger partial charge in [0.2, 0.25) is 0 Å². The first kappa shape index (κ1) is 22.4. The third kappa shape index (κ3) is 5.54. The highest BCUT2D eigenvalue weighted by atomic mass is 32.9. The number of methoxy groups -OCH3 is 1. The van der Waals surface area contributed by atoms with Crippen molar-refractivity contribution >= 4 is 32.9 Å². The number of hydrogen-bond donors (Lipinski definition) is 1. The lowest BCUT2D eigenvalue weighted by Crippen LogP contribution is -2.45. The molecule has 7 heteroatoms. The van der Waals surface area contributed by atoms with E-state index in [0.29, 0.717) is 5.75 Å². The lowest BCUT2D eigenvalue weighted by Gasteiger charge is -2.35. The summed E-state index contributed by atoms with van der Waals surface area (Å²) >= 11 is 5.49. The van der Waals surface area contributed by atoms with Crippen molar-refractivity contribution in [3.8, 4) is 11.5 Å². The largest absolute Gasteiger partial charge is 0.508 e. The zero-order chi connectivity index (χ0) is 21.8. The van der Waals surface area contributed by atoms with Crippen LogP contribution in [0.2, 0.25) is 0 Å². The number of para-hydroxylation sites is 1. The third-order valence-electron chi connectivity index (χ3n) is 5.88. The Balaban J connectivity index is 1.36. The maximum atomic E-state index is 10.4. The number of aromatic hydroxyl groups is 1. The monoisotopic (exact) mass is 472 g/mol. The molecule has 1 fully saturated rings. The Labute approximate surface area is 196 Å². The summed E-state index contributed by atoms with van der Waals surface area (Å²) < 4.78 is 6.48. The summed E-state index contributed by atoms with van der Waals surface area (Å²) in [4.78, 5) is 6.19. The minimum Gasteiger partial charge on any atom is -0.508 e. The summed E-state index contributed by atoms with van der Waals surface area (Å²) in [5, 5.41) is 10.4. The summed E-state index contributed by atoms with van der Waals surface area (Å²) in [6.45, 7) is 7.80. The molecule has 1 saturated heterocycles. The SMILES string of the molecule is COc1ccccc1CN1CCN(Cc2cc(Cc3c(C)ssc3=S)ccc2O)CC1. The molecule has 1 aliphatic rings. The van der Waals surface area contributed by atoms with Gasteiger partial charge in [-0.15, -0.1) is 0 Å². The van der Waals surface area contributed by atoms with Crippen molar-refractivity contribution < 1.29 is 9.84 Å². The summed E-state index contributed by atoms with van der Waals surface area (Å²) in [6, 6.07) is 14.2. The van der Waals surface area contributed by atoms with Crippen LogP contribution in [0.25, 0.3) is 0 Å². The van der Waals surface area contributed by atoms with E-state index in [9.17, 15) is 5.11 Å². The van der Waals surface area contributed by atoms with Crippen LogP contribution in [-0.2, 0) is 19.5 Å². The summed E-state index contributed by atoms with van der Waals surface area (Å²) in [5.41, 5.74) is 4.70. The van der Waals surface area contributed by atoms with E-state index in [1.54, 1.807) is 27.8 Å². The van der Waals surface area contributed by atoms with Gasteiger partial charge in [-0.05, 0) is 30.2 Å². The summed E-state index contributed by atoms with van der Waals surface area (Å²) in [6.07, 6.45) is 0.838. The second-order valence-corrected chi connectivity index (χ2v) is 11.0. The lowest BCUT2D eigenvalue weighted by atomic mass is 10.0. The van der Waals surface area contributed by atoms with Crippen LogP contribution in [0.3, 0.4) is 0 Å². The Hall–Kier alpha value is -1.77. The maximum Gasteiger partial charge on any atom is 0.123 e. The molecule has 164 valence electrons. The first-order chi connectivity index (χ1) is 15.0. The predicted molar refractivity (Wildman–Crippen MR) is 132 cm³/mol. The van der Waals surface area contributed by atoms with E-state index >= 15 is 0 Å². The predicted octanol–water partition coefficient (Wildman–Crippen LogP) is 5.47. The van der Waals surface area contributed by atoms with Crippen LogP contribution in [0.5, 0.6) is 11.5 Å². The second-order valence-electron chi connectivity index (χ2n) is 7.99. The van der Waals surface area contributed by atoms with Crippen LogP contribution < -0.4 is 4.74 Å². The molecule has 0 saturated carbocycles. The highest BCUT2D eigenvalue weighted by Crippen LogP contribution is 2.28. The van der Waals surface area contributed by atoms with Gasteiger partial charge in [-0.2, -0.15) is 0 Å². The number of aryl methyl sites for hydroxylation is 1. The fourth-order valence-corrected chi connectivity index (χ4v) is 6.71. The topological polar surface area (TPSA) is 35.9 Å². The van der Waals surface area contributed by atoms with E-state index in [2.05, 4.69) is 34.9 Å². The molecular weight excluding hydrogens is 444 g/mol. The van der Waals surface area contributed by atoms with Crippen molar-refractivity contribution in [3.05, 3.63) is 73.4 Å². The molecule has 1 aromatic heterocycles. The highest BCUT2D eigenvalue weighted by Gasteiger charge is 2.19. The van der Waals surface area contributed by atoms with Crippen LogP contribution in [0.15, 0.2) is 42.5 Å². The Morgan fingerprint density at radius 1 is 0.968 bits per heavy atom. The molecule has 0 atom stereocenters. The average Bonchev–Trinajstić information content (AvgIpc) is 3.10. The van der Waals surface area contributed by atoms with Gasteiger partial charge >= 0.3 is 0 Å². The van der Waals surface area contributed by atoms with Crippen molar-refractivity contribution in [1.29, 1.82) is 0 Å². The van der Waals surface area contributed by atoms with Crippen molar-refractivity contribution in [2.75, 3.05) is 33.3 Å². The average molecular weight is 473 g/mol. The van der Waals surface area contributed by atoms with Crippen LogP contribution in [-0.4, -0.2) is 48.2 Å². The number of phenolic OH excluding ortho intramolecular Hbond substituents is 1. The quantitative estimate of drug-likeness (QED) is 0.364. The fraction of sp³-hybridized carbons (Fsp3) is 0.375. The van der Waals surface area contributed by atoms with E-state index in [1.165, 1.54) is 21.6 Å². The van der Waals surface area contributed by atoms with E-state index in [1.807, 2.05) is 24.3 Å². The molecule has 2 aromatic carbocycles. The van der Waals surface area contributed by atoms with Crippen molar-refractivity contribution in [1.82, 2.24) is 9.80 Å². The third-order valence-corrected chi connectivity index (χ3v) is 9.17. The van der Waals surface area contributed by atoms with Gasteiger partial charge in [0.25, 0.3) is 0 Å². The van der Waals surface area contributed by atoms with E-state index < -0.39 is 0 Å². The Kier molecular flexibility index (Phi) is 7.40. The number of benzene rings is 2. The Bertz CT molecular complexity index is 1080. The molecule has 0 radical (unpaired) electrons. The molecule has 1 N–H and O–H groups in total. The minimum atomic E-state index is 0.378. The van der Waals surface area contributed by atoms with Gasteiger partial charge < -0.3 is 9.84 Å². The number of phenols is 1. The number of rotatable bonds is 7. The smallest absolute Gasteiger partial charge is 0.123 e. The van der Waals surface area contributed by atoms with Gasteiger partial charge in [0.15, 0.2) is 0 Å². The molecular formula is C24H28N2O2S3. The Morgan fingerprint density at radius 2 is 1.65 bits per heavy atom. The van der Waals surface area contributed by atoms with Crippen molar-refractivity contribution in [2.24, 2.45) is 0 Å². The highest BCUT2D eigenvalue weighted by molar-refractivity contribution is 7.79. The van der Waals surface area contributed by atoms with Crippen LogP contribution >= 0.6 is 32.9 Å². The fourth-order valence-electron chi connectivity index (χ4n) is 4.04. The van der Waals surface area contributed by atoms with E-state index in [4.69, 9.17) is 17.0 Å². The molecule has 4 nitrogen and oxygen atoms in total. The first-order valence-corrected chi connectivity index (χ1v) is 13.1. The normalized spacial score (nSPS) is 15.3. The molecule has 2 heterocycles. The van der Waals surface area contributed by atoms with Gasteiger partial charge in [-0.1, -0.05) is 63.2 Å². The van der Waals surface area contributed by atoms with E-state index in [0.717, 1.165) is 60.8 Å². The number of piperazine rings is 1. The summed E-state index contributed by atoms with van der Waals surface area (Å²) in [5.74, 6) is 1.33. The molecule has 0 unspecified atom stereocenters. The minimum absolute atomic E-state index is 0.378.